The summed E-state index contributed by atoms with van der Waals surface area (Å²) in [7, 11) is 0. The Hall–Kier alpha value is -3.18. The molecule has 0 saturated carbocycles. The number of carboxylic acids is 1. The molecule has 0 fully saturated rings. The summed E-state index contributed by atoms with van der Waals surface area (Å²) in [6, 6.07) is 2.13. The second-order valence-electron chi connectivity index (χ2n) is 10.2. The van der Waals surface area contributed by atoms with Crippen molar-refractivity contribution >= 4 is 23.7 Å². The number of aliphatic carboxylic acids is 1. The normalized spacial score (nSPS) is 15.1. The van der Waals surface area contributed by atoms with Gasteiger partial charge >= 0.3 is 5.97 Å². The van der Waals surface area contributed by atoms with E-state index in [9.17, 15) is 29.4 Å². The summed E-state index contributed by atoms with van der Waals surface area (Å²) in [4.78, 5) is 51.1. The third kappa shape index (κ3) is 11.5. The van der Waals surface area contributed by atoms with Gasteiger partial charge in [0.15, 0.2) is 0 Å². The van der Waals surface area contributed by atoms with Gasteiger partial charge in [-0.3, -0.25) is 14.4 Å². The number of carboxylic acid groups (broad SMARTS) is 1. The van der Waals surface area contributed by atoms with Gasteiger partial charge in [0, 0.05) is 6.42 Å². The van der Waals surface area contributed by atoms with E-state index < -0.39 is 47.9 Å². The number of rotatable bonds is 17. The first kappa shape index (κ1) is 32.8. The monoisotopic (exact) mass is 535 g/mol. The molecule has 11 heteroatoms. The first-order valence-electron chi connectivity index (χ1n) is 13.3. The number of aromatic hydroxyl groups is 1. The molecule has 1 rings (SSSR count). The molecule has 5 atom stereocenters. The van der Waals surface area contributed by atoms with Crippen LogP contribution in [0.4, 0.5) is 0 Å². The lowest BCUT2D eigenvalue weighted by Crippen LogP contribution is -2.59. The largest absolute Gasteiger partial charge is 0.508 e. The Morgan fingerprint density at radius 2 is 1.50 bits per heavy atom. The summed E-state index contributed by atoms with van der Waals surface area (Å²) in [6.45, 7) is 7.87. The molecule has 0 aliphatic rings. The number of hydrogen-bond acceptors (Lipinski definition) is 7. The quantitative estimate of drug-likeness (QED) is 0.143. The van der Waals surface area contributed by atoms with E-state index in [-0.39, 0.29) is 30.4 Å². The number of carbonyl (C=O) groups is 4. The minimum atomic E-state index is -1.17. The molecule has 1 aromatic carbocycles. The minimum Gasteiger partial charge on any atom is -0.508 e. The number of nitrogens with one attached hydrogen (secondary N) is 3. The van der Waals surface area contributed by atoms with E-state index in [1.165, 1.54) is 12.1 Å². The highest BCUT2D eigenvalue weighted by Gasteiger charge is 2.32. The molecule has 0 bridgehead atoms. The summed E-state index contributed by atoms with van der Waals surface area (Å²) in [5, 5.41) is 27.2. The predicted octanol–water partition coefficient (Wildman–Crippen LogP) is 1.02. The second-order valence-corrected chi connectivity index (χ2v) is 10.2. The standard InChI is InChI=1S/C27H45N5O6/c1-5-17(4)23(32-24(34)20(29)8-6-7-13-28)26(36)30-21(15-18-9-11-19(33)12-10-18)25(35)31-22(27(37)38)14-16(2)3/h9-12,16-17,20-23,33H,5-8,13-15,28-29H2,1-4H3,(H,30,36)(H,31,35)(H,32,34)(H,37,38). The van der Waals surface area contributed by atoms with Crippen LogP contribution in [0.25, 0.3) is 0 Å². The smallest absolute Gasteiger partial charge is 0.326 e. The van der Waals surface area contributed by atoms with Gasteiger partial charge in [-0.1, -0.05) is 52.7 Å². The van der Waals surface area contributed by atoms with Gasteiger partial charge in [-0.05, 0) is 55.3 Å². The van der Waals surface area contributed by atoms with Gasteiger partial charge in [0.2, 0.25) is 17.7 Å². The van der Waals surface area contributed by atoms with Crippen LogP contribution < -0.4 is 27.4 Å². The molecule has 0 heterocycles. The number of amides is 3. The number of phenols is 1. The van der Waals surface area contributed by atoms with Crippen LogP contribution in [0.1, 0.15) is 65.4 Å². The predicted molar refractivity (Wildman–Crippen MR) is 145 cm³/mol. The topological polar surface area (TPSA) is 197 Å². The molecular formula is C27H45N5O6. The highest BCUT2D eigenvalue weighted by molar-refractivity contribution is 5.94. The highest BCUT2D eigenvalue weighted by Crippen LogP contribution is 2.14. The molecule has 3 amide bonds. The summed E-state index contributed by atoms with van der Waals surface area (Å²) >= 11 is 0. The number of benzene rings is 1. The van der Waals surface area contributed by atoms with Crippen molar-refractivity contribution in [2.24, 2.45) is 23.3 Å². The molecule has 0 radical (unpaired) electrons. The zero-order valence-electron chi connectivity index (χ0n) is 22.9. The van der Waals surface area contributed by atoms with Crippen molar-refractivity contribution < 1.29 is 29.4 Å². The van der Waals surface area contributed by atoms with Gasteiger partial charge in [-0.2, -0.15) is 0 Å². The fourth-order valence-corrected chi connectivity index (χ4v) is 3.91. The van der Waals surface area contributed by atoms with E-state index >= 15 is 0 Å². The third-order valence-corrected chi connectivity index (χ3v) is 6.43. The number of unbranched alkanes of at least 4 members (excludes halogenated alkanes) is 1. The van der Waals surface area contributed by atoms with E-state index in [0.717, 1.165) is 6.42 Å². The lowest BCUT2D eigenvalue weighted by molar-refractivity contribution is -0.142. The molecule has 214 valence electrons. The number of hydrogen-bond donors (Lipinski definition) is 7. The fourth-order valence-electron chi connectivity index (χ4n) is 3.91. The molecule has 1 aromatic rings. The molecule has 11 nitrogen and oxygen atoms in total. The average Bonchev–Trinajstić information content (AvgIpc) is 2.86. The lowest BCUT2D eigenvalue weighted by atomic mass is 9.96. The van der Waals surface area contributed by atoms with Crippen molar-refractivity contribution in [3.05, 3.63) is 29.8 Å². The Balaban J connectivity index is 3.13. The Morgan fingerprint density at radius 3 is 2.03 bits per heavy atom. The Bertz CT molecular complexity index is 908. The zero-order valence-corrected chi connectivity index (χ0v) is 22.9. The van der Waals surface area contributed by atoms with Crippen molar-refractivity contribution in [1.29, 1.82) is 0 Å². The van der Waals surface area contributed by atoms with E-state index in [1.807, 2.05) is 27.7 Å². The van der Waals surface area contributed by atoms with Gasteiger partial charge in [-0.15, -0.1) is 0 Å². The van der Waals surface area contributed by atoms with Gasteiger partial charge < -0.3 is 37.6 Å². The van der Waals surface area contributed by atoms with Crippen LogP contribution in [0.2, 0.25) is 0 Å². The molecule has 0 aliphatic heterocycles. The van der Waals surface area contributed by atoms with Gasteiger partial charge in [0.25, 0.3) is 0 Å². The molecule has 38 heavy (non-hydrogen) atoms. The van der Waals surface area contributed by atoms with E-state index in [2.05, 4.69) is 16.0 Å². The van der Waals surface area contributed by atoms with Crippen molar-refractivity contribution in [2.75, 3.05) is 6.54 Å². The number of carbonyl (C=O) groups excluding carboxylic acids is 3. The molecule has 9 N–H and O–H groups in total. The molecule has 0 saturated heterocycles. The maximum absolute atomic E-state index is 13.4. The first-order valence-corrected chi connectivity index (χ1v) is 13.3. The molecule has 0 aliphatic carbocycles. The number of nitrogens with two attached hydrogens (primary N) is 2. The Morgan fingerprint density at radius 1 is 0.895 bits per heavy atom. The average molecular weight is 536 g/mol. The number of phenolic OH excluding ortho intramolecular Hbond substituents is 1. The van der Waals surface area contributed by atoms with Gasteiger partial charge in [0.1, 0.15) is 23.9 Å². The molecule has 0 aromatic heterocycles. The minimum absolute atomic E-state index is 0.0144. The van der Waals surface area contributed by atoms with Crippen molar-refractivity contribution in [3.8, 4) is 5.75 Å². The van der Waals surface area contributed by atoms with Crippen LogP contribution in [0, 0.1) is 11.8 Å². The highest BCUT2D eigenvalue weighted by atomic mass is 16.4. The Labute approximate surface area is 225 Å². The zero-order chi connectivity index (χ0) is 28.8. The first-order chi connectivity index (χ1) is 17.9. The summed E-state index contributed by atoms with van der Waals surface area (Å²) in [6.07, 6.45) is 2.68. The van der Waals surface area contributed by atoms with Gasteiger partial charge in [0.05, 0.1) is 6.04 Å². The molecule has 5 unspecified atom stereocenters. The SMILES string of the molecule is CCC(C)C(NC(=O)C(N)CCCCN)C(=O)NC(Cc1ccc(O)cc1)C(=O)NC(CC(C)C)C(=O)O. The van der Waals surface area contributed by atoms with Crippen LogP contribution in [0.5, 0.6) is 5.75 Å². The summed E-state index contributed by atoms with van der Waals surface area (Å²) in [5.41, 5.74) is 12.2. The fraction of sp³-hybridized carbons (Fsp3) is 0.630. The third-order valence-electron chi connectivity index (χ3n) is 6.43. The van der Waals surface area contributed by atoms with Crippen LogP contribution in [-0.2, 0) is 25.6 Å². The van der Waals surface area contributed by atoms with Crippen molar-refractivity contribution in [3.63, 3.8) is 0 Å². The van der Waals surface area contributed by atoms with Gasteiger partial charge in [-0.25, -0.2) is 4.79 Å². The maximum atomic E-state index is 13.4. The second kappa shape index (κ2) is 16.6. The van der Waals surface area contributed by atoms with Crippen molar-refractivity contribution in [2.45, 2.75) is 90.4 Å². The molecule has 0 spiro atoms. The van der Waals surface area contributed by atoms with Crippen LogP contribution in [0.3, 0.4) is 0 Å². The van der Waals surface area contributed by atoms with E-state index in [4.69, 9.17) is 11.5 Å². The molecular weight excluding hydrogens is 490 g/mol. The Kier molecular flexibility index (Phi) is 14.4. The lowest BCUT2D eigenvalue weighted by Gasteiger charge is -2.28. The van der Waals surface area contributed by atoms with E-state index in [0.29, 0.717) is 31.4 Å². The van der Waals surface area contributed by atoms with Crippen molar-refractivity contribution in [1.82, 2.24) is 16.0 Å². The van der Waals surface area contributed by atoms with Crippen LogP contribution in [-0.4, -0.2) is 64.6 Å². The summed E-state index contributed by atoms with van der Waals surface area (Å²) in [5.74, 6) is -3.08. The van der Waals surface area contributed by atoms with Crippen LogP contribution in [0.15, 0.2) is 24.3 Å². The van der Waals surface area contributed by atoms with E-state index in [1.54, 1.807) is 12.1 Å². The maximum Gasteiger partial charge on any atom is 0.326 e. The summed E-state index contributed by atoms with van der Waals surface area (Å²) < 4.78 is 0. The van der Waals surface area contributed by atoms with Crippen LogP contribution >= 0.6 is 0 Å².